The van der Waals surface area contributed by atoms with E-state index in [4.69, 9.17) is 11.6 Å². The maximum absolute atomic E-state index is 13.4. The summed E-state index contributed by atoms with van der Waals surface area (Å²) in [5, 5.41) is 6.09. The Labute approximate surface area is 102 Å². The van der Waals surface area contributed by atoms with Gasteiger partial charge in [-0.1, -0.05) is 11.6 Å². The molecule has 0 aliphatic carbocycles. The molecule has 5 heteroatoms. The summed E-state index contributed by atoms with van der Waals surface area (Å²) in [6.45, 7) is 1.69. The molecule has 2 nitrogen and oxygen atoms in total. The van der Waals surface area contributed by atoms with Gasteiger partial charge < -0.3 is 5.32 Å². The highest BCUT2D eigenvalue weighted by atomic mass is 35.5. The van der Waals surface area contributed by atoms with Crippen molar-refractivity contribution in [3.05, 3.63) is 33.9 Å². The van der Waals surface area contributed by atoms with Gasteiger partial charge in [0.2, 0.25) is 0 Å². The van der Waals surface area contributed by atoms with Gasteiger partial charge in [0, 0.05) is 18.0 Å². The molecular weight excluding hydrogens is 247 g/mol. The Morgan fingerprint density at radius 2 is 2.19 bits per heavy atom. The molecule has 0 saturated carbocycles. The molecule has 1 N–H and O–H groups in total. The Hall–Kier alpha value is -1.13. The van der Waals surface area contributed by atoms with E-state index in [2.05, 4.69) is 10.3 Å². The second-order valence-corrected chi connectivity index (χ2v) is 4.63. The molecule has 0 saturated heterocycles. The zero-order valence-corrected chi connectivity index (χ0v) is 10.4. The Bertz CT molecular complexity index is 525. The number of thiazole rings is 1. The van der Waals surface area contributed by atoms with Gasteiger partial charge >= 0.3 is 0 Å². The number of aromatic nitrogens is 1. The molecule has 0 amide bonds. The van der Waals surface area contributed by atoms with Crippen LogP contribution >= 0.6 is 22.9 Å². The first-order valence-electron chi connectivity index (χ1n) is 4.71. The van der Waals surface area contributed by atoms with Gasteiger partial charge in [-0.3, -0.25) is 0 Å². The number of hydrogen-bond acceptors (Lipinski definition) is 3. The minimum absolute atomic E-state index is 0.265. The number of aryl methyl sites for hydroxylation is 1. The third-order valence-electron chi connectivity index (χ3n) is 2.24. The van der Waals surface area contributed by atoms with Crippen molar-refractivity contribution in [1.29, 1.82) is 0 Å². The molecule has 0 radical (unpaired) electrons. The maximum atomic E-state index is 13.4. The number of nitrogens with zero attached hydrogens (tertiary/aromatic N) is 1. The fourth-order valence-electron chi connectivity index (χ4n) is 1.35. The number of halogens is 2. The molecule has 0 aliphatic rings. The molecule has 1 aromatic heterocycles. The predicted octanol–water partition coefficient (Wildman–Crippen LogP) is 3.95. The predicted molar refractivity (Wildman–Crippen MR) is 66.8 cm³/mol. The highest BCUT2D eigenvalue weighted by Crippen LogP contribution is 2.32. The van der Waals surface area contributed by atoms with E-state index in [0.717, 1.165) is 5.13 Å². The molecule has 0 fully saturated rings. The van der Waals surface area contributed by atoms with E-state index in [1.807, 2.05) is 5.38 Å². The van der Waals surface area contributed by atoms with Crippen LogP contribution in [0.25, 0.3) is 11.3 Å². The standard InChI is InChI=1S/C11H10ClFN2S/c1-6-3-8(12)7(4-9(6)13)10-5-16-11(14-2)15-10/h3-5H,1-2H3,(H,14,15). The zero-order valence-electron chi connectivity index (χ0n) is 8.84. The van der Waals surface area contributed by atoms with Gasteiger partial charge in [0.25, 0.3) is 0 Å². The summed E-state index contributed by atoms with van der Waals surface area (Å²) in [6.07, 6.45) is 0. The van der Waals surface area contributed by atoms with Gasteiger partial charge in [0.1, 0.15) is 5.82 Å². The van der Waals surface area contributed by atoms with Gasteiger partial charge in [-0.05, 0) is 24.6 Å². The normalized spacial score (nSPS) is 10.5. The van der Waals surface area contributed by atoms with Crippen molar-refractivity contribution in [2.75, 3.05) is 12.4 Å². The summed E-state index contributed by atoms with van der Waals surface area (Å²) in [5.41, 5.74) is 1.86. The Kier molecular flexibility index (Phi) is 3.12. The minimum Gasteiger partial charge on any atom is -0.365 e. The molecule has 0 aliphatic heterocycles. The summed E-state index contributed by atoms with van der Waals surface area (Å²) in [5.74, 6) is -0.265. The van der Waals surface area contributed by atoms with E-state index < -0.39 is 0 Å². The van der Waals surface area contributed by atoms with Crippen LogP contribution in [0, 0.1) is 12.7 Å². The second kappa shape index (κ2) is 4.39. The number of benzene rings is 1. The van der Waals surface area contributed by atoms with Gasteiger partial charge in [-0.2, -0.15) is 0 Å². The van der Waals surface area contributed by atoms with Crippen molar-refractivity contribution < 1.29 is 4.39 Å². The molecule has 0 atom stereocenters. The molecule has 0 spiro atoms. The molecule has 1 aromatic carbocycles. The van der Waals surface area contributed by atoms with E-state index >= 15 is 0 Å². The summed E-state index contributed by atoms with van der Waals surface area (Å²) >= 11 is 7.53. The lowest BCUT2D eigenvalue weighted by Gasteiger charge is -2.03. The van der Waals surface area contributed by atoms with Crippen LogP contribution < -0.4 is 5.32 Å². The third kappa shape index (κ3) is 2.03. The highest BCUT2D eigenvalue weighted by Gasteiger charge is 2.10. The van der Waals surface area contributed by atoms with Gasteiger partial charge in [-0.15, -0.1) is 11.3 Å². The SMILES string of the molecule is CNc1nc(-c2cc(F)c(C)cc2Cl)cs1. The van der Waals surface area contributed by atoms with Crippen molar-refractivity contribution >= 4 is 28.1 Å². The quantitative estimate of drug-likeness (QED) is 0.880. The molecule has 0 unspecified atom stereocenters. The van der Waals surface area contributed by atoms with Gasteiger partial charge in [0.15, 0.2) is 5.13 Å². The van der Waals surface area contributed by atoms with Crippen LogP contribution in [-0.2, 0) is 0 Å². The summed E-state index contributed by atoms with van der Waals surface area (Å²) in [4.78, 5) is 4.29. The average Bonchev–Trinajstić information content (AvgIpc) is 2.71. The van der Waals surface area contributed by atoms with Crippen LogP contribution in [0.1, 0.15) is 5.56 Å². The lowest BCUT2D eigenvalue weighted by atomic mass is 10.1. The molecule has 0 bridgehead atoms. The maximum Gasteiger partial charge on any atom is 0.182 e. The van der Waals surface area contributed by atoms with E-state index in [9.17, 15) is 4.39 Å². The monoisotopic (exact) mass is 256 g/mol. The average molecular weight is 257 g/mol. The van der Waals surface area contributed by atoms with E-state index in [0.29, 0.717) is 21.8 Å². The van der Waals surface area contributed by atoms with Gasteiger partial charge in [-0.25, -0.2) is 9.37 Å². The second-order valence-electron chi connectivity index (χ2n) is 3.37. The molecule has 16 heavy (non-hydrogen) atoms. The van der Waals surface area contributed by atoms with Crippen LogP contribution in [0.3, 0.4) is 0 Å². The summed E-state index contributed by atoms with van der Waals surface area (Å²) < 4.78 is 13.4. The minimum atomic E-state index is -0.265. The van der Waals surface area contributed by atoms with Crippen molar-refractivity contribution in [2.45, 2.75) is 6.92 Å². The lowest BCUT2D eigenvalue weighted by molar-refractivity contribution is 0.619. The van der Waals surface area contributed by atoms with Crippen LogP contribution in [0.2, 0.25) is 5.02 Å². The van der Waals surface area contributed by atoms with E-state index in [1.54, 1.807) is 20.0 Å². The number of hydrogen-bond donors (Lipinski definition) is 1. The van der Waals surface area contributed by atoms with Crippen molar-refractivity contribution in [2.24, 2.45) is 0 Å². The first-order chi connectivity index (χ1) is 7.61. The van der Waals surface area contributed by atoms with E-state index in [1.165, 1.54) is 17.4 Å². The molecule has 84 valence electrons. The lowest BCUT2D eigenvalue weighted by Crippen LogP contribution is -1.89. The number of rotatable bonds is 2. The first-order valence-corrected chi connectivity index (χ1v) is 5.97. The molecule has 2 rings (SSSR count). The van der Waals surface area contributed by atoms with Crippen LogP contribution in [0.15, 0.2) is 17.5 Å². The zero-order chi connectivity index (χ0) is 11.7. The Morgan fingerprint density at radius 3 is 2.81 bits per heavy atom. The topological polar surface area (TPSA) is 24.9 Å². The fraction of sp³-hybridized carbons (Fsp3) is 0.182. The summed E-state index contributed by atoms with van der Waals surface area (Å²) in [6, 6.07) is 3.04. The van der Waals surface area contributed by atoms with Crippen LogP contribution in [-0.4, -0.2) is 12.0 Å². The number of anilines is 1. The highest BCUT2D eigenvalue weighted by molar-refractivity contribution is 7.14. The fourth-order valence-corrected chi connectivity index (χ4v) is 2.34. The van der Waals surface area contributed by atoms with E-state index in [-0.39, 0.29) is 5.82 Å². The Morgan fingerprint density at radius 1 is 1.44 bits per heavy atom. The Balaban J connectivity index is 2.51. The molecule has 1 heterocycles. The summed E-state index contributed by atoms with van der Waals surface area (Å²) in [7, 11) is 1.79. The van der Waals surface area contributed by atoms with Crippen molar-refractivity contribution in [3.8, 4) is 11.3 Å². The van der Waals surface area contributed by atoms with Crippen molar-refractivity contribution in [1.82, 2.24) is 4.98 Å². The number of nitrogens with one attached hydrogen (secondary N) is 1. The third-order valence-corrected chi connectivity index (χ3v) is 3.41. The molecular formula is C11H10ClFN2S. The van der Waals surface area contributed by atoms with Gasteiger partial charge in [0.05, 0.1) is 10.7 Å². The first kappa shape index (κ1) is 11.4. The largest absolute Gasteiger partial charge is 0.365 e. The molecule has 2 aromatic rings. The van der Waals surface area contributed by atoms with Crippen LogP contribution in [0.5, 0.6) is 0 Å². The smallest absolute Gasteiger partial charge is 0.182 e. The van der Waals surface area contributed by atoms with Crippen molar-refractivity contribution in [3.63, 3.8) is 0 Å². The van der Waals surface area contributed by atoms with Crippen LogP contribution in [0.4, 0.5) is 9.52 Å².